The van der Waals surface area contributed by atoms with Gasteiger partial charge < -0.3 is 15.5 Å². The molecule has 3 rings (SSSR count). The molecule has 1 amide bonds. The summed E-state index contributed by atoms with van der Waals surface area (Å²) in [6, 6.07) is 2.92. The molecule has 0 radical (unpaired) electrons. The summed E-state index contributed by atoms with van der Waals surface area (Å²) in [4.78, 5) is 27.8. The van der Waals surface area contributed by atoms with Crippen LogP contribution < -0.4 is 5.32 Å². The number of hydrogen-bond acceptors (Lipinski definition) is 4. The van der Waals surface area contributed by atoms with E-state index in [1.807, 2.05) is 0 Å². The van der Waals surface area contributed by atoms with E-state index in [9.17, 15) is 19.8 Å². The Morgan fingerprint density at radius 1 is 1.32 bits per heavy atom. The van der Waals surface area contributed by atoms with Gasteiger partial charge in [-0.3, -0.25) is 14.3 Å². The van der Waals surface area contributed by atoms with Gasteiger partial charge in [0, 0.05) is 12.4 Å². The lowest BCUT2D eigenvalue weighted by Crippen LogP contribution is -2.45. The van der Waals surface area contributed by atoms with Crippen molar-refractivity contribution in [1.82, 2.24) is 14.9 Å². The number of aliphatic hydroxyl groups excluding tert-OH is 1. The van der Waals surface area contributed by atoms with Crippen LogP contribution in [0.4, 0.5) is 4.79 Å². The molecule has 22 heavy (non-hydrogen) atoms. The lowest BCUT2D eigenvalue weighted by atomic mass is 9.92. The van der Waals surface area contributed by atoms with Crippen molar-refractivity contribution < 1.29 is 19.8 Å². The van der Waals surface area contributed by atoms with Crippen molar-refractivity contribution in [3.63, 3.8) is 0 Å². The summed E-state index contributed by atoms with van der Waals surface area (Å²) in [5.41, 5.74) is 0.910. The number of aromatic nitrogens is 2. The van der Waals surface area contributed by atoms with Gasteiger partial charge in [-0.05, 0) is 25.0 Å². The average molecular weight is 303 g/mol. The molecular formula is C15H17N3O4. The minimum Gasteiger partial charge on any atom is -0.464 e. The molecular weight excluding hydrogens is 286 g/mol. The van der Waals surface area contributed by atoms with E-state index in [2.05, 4.69) is 10.3 Å². The van der Waals surface area contributed by atoms with E-state index in [-0.39, 0.29) is 11.6 Å². The summed E-state index contributed by atoms with van der Waals surface area (Å²) >= 11 is 0. The molecule has 1 saturated carbocycles. The molecule has 2 aromatic rings. The van der Waals surface area contributed by atoms with Gasteiger partial charge in [0.05, 0.1) is 23.2 Å². The Balaban J connectivity index is 1.92. The van der Waals surface area contributed by atoms with Crippen molar-refractivity contribution in [2.75, 3.05) is 0 Å². The quantitative estimate of drug-likeness (QED) is 0.781. The lowest BCUT2D eigenvalue weighted by Gasteiger charge is -2.28. The van der Waals surface area contributed by atoms with Gasteiger partial charge in [0.25, 0.3) is 5.91 Å². The highest BCUT2D eigenvalue weighted by Crippen LogP contribution is 2.22. The number of nitrogens with one attached hydrogen (secondary N) is 1. The standard InChI is InChI=1S/C15H17N3O4/c19-12-6-2-1-4-10(12)17-14(20)9-8-18(15(21)22)11-5-3-7-16-13(9)11/h3,5,7-8,10,12,19H,1-2,4,6H2,(H,17,20)(H,21,22)/t10-,12-/m0/s1. The molecule has 0 aliphatic heterocycles. The first-order valence-corrected chi connectivity index (χ1v) is 7.26. The van der Waals surface area contributed by atoms with Crippen LogP contribution in [0.25, 0.3) is 11.0 Å². The minimum absolute atomic E-state index is 0.204. The van der Waals surface area contributed by atoms with Crippen molar-refractivity contribution in [2.24, 2.45) is 0 Å². The van der Waals surface area contributed by atoms with E-state index in [1.54, 1.807) is 12.1 Å². The van der Waals surface area contributed by atoms with E-state index in [0.29, 0.717) is 17.5 Å². The van der Waals surface area contributed by atoms with Crippen LogP contribution in [0.1, 0.15) is 36.0 Å². The van der Waals surface area contributed by atoms with Crippen molar-refractivity contribution in [1.29, 1.82) is 0 Å². The van der Waals surface area contributed by atoms with E-state index >= 15 is 0 Å². The molecule has 0 aromatic carbocycles. The molecule has 2 heterocycles. The molecule has 116 valence electrons. The Morgan fingerprint density at radius 3 is 2.82 bits per heavy atom. The highest BCUT2D eigenvalue weighted by Gasteiger charge is 2.27. The fourth-order valence-corrected chi connectivity index (χ4v) is 2.91. The third-order valence-electron chi connectivity index (χ3n) is 4.06. The van der Waals surface area contributed by atoms with Gasteiger partial charge in [-0.2, -0.15) is 0 Å². The summed E-state index contributed by atoms with van der Waals surface area (Å²) in [5, 5.41) is 21.9. The predicted octanol–water partition coefficient (Wildman–Crippen LogP) is 1.60. The highest BCUT2D eigenvalue weighted by molar-refractivity contribution is 6.07. The summed E-state index contributed by atoms with van der Waals surface area (Å²) < 4.78 is 0.981. The third-order valence-corrected chi connectivity index (χ3v) is 4.06. The lowest BCUT2D eigenvalue weighted by molar-refractivity contribution is 0.0718. The number of carbonyl (C=O) groups is 2. The maximum atomic E-state index is 12.4. The molecule has 3 N–H and O–H groups in total. The van der Waals surface area contributed by atoms with Crippen LogP contribution in [0, 0.1) is 0 Å². The smallest absolute Gasteiger partial charge is 0.416 e. The fraction of sp³-hybridized carbons (Fsp3) is 0.400. The third kappa shape index (κ3) is 2.55. The number of carboxylic acid groups (broad SMARTS) is 1. The summed E-state index contributed by atoms with van der Waals surface area (Å²) in [7, 11) is 0. The number of hydrogen-bond donors (Lipinski definition) is 3. The first kappa shape index (κ1) is 14.5. The zero-order valence-corrected chi connectivity index (χ0v) is 11.9. The van der Waals surface area contributed by atoms with Crippen LogP contribution >= 0.6 is 0 Å². The second-order valence-electron chi connectivity index (χ2n) is 5.50. The number of rotatable bonds is 2. The van der Waals surface area contributed by atoms with Gasteiger partial charge in [-0.15, -0.1) is 0 Å². The number of amides is 1. The van der Waals surface area contributed by atoms with E-state index in [1.165, 1.54) is 12.4 Å². The van der Waals surface area contributed by atoms with Crippen LogP contribution in [0.15, 0.2) is 24.5 Å². The predicted molar refractivity (Wildman–Crippen MR) is 78.9 cm³/mol. The molecule has 1 aliphatic carbocycles. The summed E-state index contributed by atoms with van der Waals surface area (Å²) in [6.07, 6.45) is 4.35. The number of carbonyl (C=O) groups excluding carboxylic acids is 1. The Kier molecular flexibility index (Phi) is 3.81. The maximum absolute atomic E-state index is 12.4. The van der Waals surface area contributed by atoms with E-state index in [0.717, 1.165) is 23.8 Å². The number of fused-ring (bicyclic) bond motifs is 1. The molecule has 2 aromatic heterocycles. The number of nitrogens with zero attached hydrogens (tertiary/aromatic N) is 2. The zero-order chi connectivity index (χ0) is 15.7. The molecule has 0 bridgehead atoms. The second kappa shape index (κ2) is 5.76. The van der Waals surface area contributed by atoms with Crippen LogP contribution in [0.2, 0.25) is 0 Å². The van der Waals surface area contributed by atoms with Crippen molar-refractivity contribution in [3.8, 4) is 0 Å². The van der Waals surface area contributed by atoms with Crippen molar-refractivity contribution in [3.05, 3.63) is 30.1 Å². The number of pyridine rings is 1. The van der Waals surface area contributed by atoms with Crippen LogP contribution in [-0.4, -0.2) is 43.9 Å². The van der Waals surface area contributed by atoms with Crippen LogP contribution in [0.3, 0.4) is 0 Å². The van der Waals surface area contributed by atoms with Crippen molar-refractivity contribution in [2.45, 2.75) is 37.8 Å². The Bertz CT molecular complexity index is 725. The zero-order valence-electron chi connectivity index (χ0n) is 11.9. The SMILES string of the molecule is O=C(N[C@H]1CCCC[C@@H]1O)c1cn(C(=O)O)c2cccnc12. The van der Waals surface area contributed by atoms with Gasteiger partial charge in [-0.25, -0.2) is 4.79 Å². The summed E-state index contributed by atoms with van der Waals surface area (Å²) in [6.45, 7) is 0. The Labute approximate surface area is 126 Å². The first-order chi connectivity index (χ1) is 10.6. The second-order valence-corrected chi connectivity index (χ2v) is 5.50. The normalized spacial score (nSPS) is 21.7. The van der Waals surface area contributed by atoms with Gasteiger partial charge >= 0.3 is 6.09 Å². The van der Waals surface area contributed by atoms with E-state index < -0.39 is 18.1 Å². The van der Waals surface area contributed by atoms with Gasteiger partial charge in [0.1, 0.15) is 5.52 Å². The van der Waals surface area contributed by atoms with Crippen molar-refractivity contribution >= 4 is 23.0 Å². The molecule has 0 spiro atoms. The molecule has 7 heteroatoms. The largest absolute Gasteiger partial charge is 0.464 e. The Hall–Kier alpha value is -2.41. The molecule has 1 fully saturated rings. The topological polar surface area (TPSA) is 104 Å². The van der Waals surface area contributed by atoms with Gasteiger partial charge in [0.15, 0.2) is 0 Å². The van der Waals surface area contributed by atoms with E-state index in [4.69, 9.17) is 0 Å². The fourth-order valence-electron chi connectivity index (χ4n) is 2.91. The molecule has 1 aliphatic rings. The molecule has 0 unspecified atom stereocenters. The maximum Gasteiger partial charge on any atom is 0.416 e. The average Bonchev–Trinajstić information content (AvgIpc) is 2.89. The Morgan fingerprint density at radius 2 is 2.09 bits per heavy atom. The highest BCUT2D eigenvalue weighted by atomic mass is 16.4. The van der Waals surface area contributed by atoms with Gasteiger partial charge in [0.2, 0.25) is 0 Å². The van der Waals surface area contributed by atoms with Crippen LogP contribution in [-0.2, 0) is 0 Å². The first-order valence-electron chi connectivity index (χ1n) is 7.26. The number of aliphatic hydroxyl groups is 1. The summed E-state index contributed by atoms with van der Waals surface area (Å²) in [5.74, 6) is -0.408. The molecule has 2 atom stereocenters. The molecule has 0 saturated heterocycles. The van der Waals surface area contributed by atoms with Crippen LogP contribution in [0.5, 0.6) is 0 Å². The minimum atomic E-state index is -1.17. The molecule has 7 nitrogen and oxygen atoms in total. The van der Waals surface area contributed by atoms with Gasteiger partial charge in [-0.1, -0.05) is 12.8 Å². The monoisotopic (exact) mass is 303 g/mol.